The predicted octanol–water partition coefficient (Wildman–Crippen LogP) is 5.50. The van der Waals surface area contributed by atoms with Crippen LogP contribution in [0.2, 0.25) is 5.02 Å². The van der Waals surface area contributed by atoms with E-state index >= 15 is 0 Å². The third-order valence-electron chi connectivity index (χ3n) is 5.43. The highest BCUT2D eigenvalue weighted by molar-refractivity contribution is 6.31. The fourth-order valence-corrected chi connectivity index (χ4v) is 4.06. The molecule has 1 aliphatic heterocycles. The molecule has 1 N–H and O–H groups in total. The van der Waals surface area contributed by atoms with Gasteiger partial charge in [0.05, 0.1) is 17.1 Å². The quantitative estimate of drug-likeness (QED) is 0.537. The summed E-state index contributed by atoms with van der Waals surface area (Å²) in [4.78, 5) is 38.2. The Bertz CT molecular complexity index is 1150. The lowest BCUT2D eigenvalue weighted by Crippen LogP contribution is -2.47. The number of imidazole rings is 1. The molecular formula is C24H25ClN4O2. The van der Waals surface area contributed by atoms with Crippen molar-refractivity contribution in [1.82, 2.24) is 19.8 Å². The van der Waals surface area contributed by atoms with Crippen molar-refractivity contribution in [3.8, 4) is 0 Å². The lowest BCUT2D eigenvalue weighted by atomic mass is 10.1. The molecule has 0 saturated carbocycles. The van der Waals surface area contributed by atoms with Crippen LogP contribution in [-0.2, 0) is 0 Å². The molecule has 160 valence electrons. The maximum Gasteiger partial charge on any atom is 0.328 e. The van der Waals surface area contributed by atoms with Crippen LogP contribution >= 0.6 is 11.6 Å². The van der Waals surface area contributed by atoms with Crippen molar-refractivity contribution in [3.63, 3.8) is 0 Å². The maximum absolute atomic E-state index is 13.6. The summed E-state index contributed by atoms with van der Waals surface area (Å²) in [6.45, 7) is 4.94. The number of aromatic amines is 1. The maximum atomic E-state index is 13.6. The molecule has 7 heteroatoms. The van der Waals surface area contributed by atoms with Crippen LogP contribution in [0.4, 0.5) is 4.79 Å². The molecule has 3 aromatic rings. The van der Waals surface area contributed by atoms with Crippen molar-refractivity contribution in [3.05, 3.63) is 76.6 Å². The van der Waals surface area contributed by atoms with Gasteiger partial charge in [-0.3, -0.25) is 4.79 Å². The summed E-state index contributed by atoms with van der Waals surface area (Å²) < 4.78 is 0. The molecule has 1 aliphatic rings. The molecule has 0 bridgehead atoms. The molecule has 1 atom stereocenters. The molecule has 0 unspecified atom stereocenters. The Labute approximate surface area is 186 Å². The number of H-pyrrole nitrogens is 1. The zero-order valence-corrected chi connectivity index (χ0v) is 18.4. The van der Waals surface area contributed by atoms with Crippen LogP contribution in [0, 0.1) is 6.92 Å². The summed E-state index contributed by atoms with van der Waals surface area (Å²) in [7, 11) is 0. The van der Waals surface area contributed by atoms with Crippen LogP contribution in [0.15, 0.2) is 54.6 Å². The lowest BCUT2D eigenvalue weighted by molar-refractivity contribution is 0.0682. The molecule has 2 heterocycles. The van der Waals surface area contributed by atoms with Gasteiger partial charge in [0, 0.05) is 23.7 Å². The molecule has 3 amide bonds. The van der Waals surface area contributed by atoms with Crippen molar-refractivity contribution < 1.29 is 9.59 Å². The average molecular weight is 437 g/mol. The number of urea groups is 1. The first kappa shape index (κ1) is 21.1. The Morgan fingerprint density at radius 2 is 1.97 bits per heavy atom. The SMILES string of the molecule is CCC[C@@H](c1nc2ccc(Cl)cc2[nH]1)N(C(=O)c1cccc(C)c1)C(=O)N1CC=CC1. The van der Waals surface area contributed by atoms with Crippen molar-refractivity contribution in [2.75, 3.05) is 13.1 Å². The normalized spacial score (nSPS) is 14.2. The van der Waals surface area contributed by atoms with Gasteiger partial charge in [-0.1, -0.05) is 54.8 Å². The zero-order chi connectivity index (χ0) is 22.0. The molecular weight excluding hydrogens is 412 g/mol. The number of imide groups is 1. The number of fused-ring (bicyclic) bond motifs is 1. The number of carbonyl (C=O) groups excluding carboxylic acids is 2. The third-order valence-corrected chi connectivity index (χ3v) is 5.67. The summed E-state index contributed by atoms with van der Waals surface area (Å²) >= 11 is 6.13. The van der Waals surface area contributed by atoms with Gasteiger partial charge in [-0.05, 0) is 43.7 Å². The smallest absolute Gasteiger partial charge is 0.328 e. The lowest BCUT2D eigenvalue weighted by Gasteiger charge is -2.32. The van der Waals surface area contributed by atoms with Crippen molar-refractivity contribution in [2.45, 2.75) is 32.7 Å². The number of hydrogen-bond donors (Lipinski definition) is 1. The van der Waals surface area contributed by atoms with Gasteiger partial charge in [0.15, 0.2) is 0 Å². The molecule has 6 nitrogen and oxygen atoms in total. The largest absolute Gasteiger partial charge is 0.340 e. The molecule has 0 fully saturated rings. The Balaban J connectivity index is 1.79. The zero-order valence-electron chi connectivity index (χ0n) is 17.6. The monoisotopic (exact) mass is 436 g/mol. The number of benzene rings is 2. The third kappa shape index (κ3) is 4.35. The molecule has 4 rings (SSSR count). The average Bonchev–Trinajstić information content (AvgIpc) is 3.43. The first-order valence-electron chi connectivity index (χ1n) is 10.5. The Morgan fingerprint density at radius 3 is 2.68 bits per heavy atom. The topological polar surface area (TPSA) is 69.3 Å². The number of amides is 3. The number of aromatic nitrogens is 2. The number of aryl methyl sites for hydroxylation is 1. The second kappa shape index (κ2) is 8.94. The fourth-order valence-electron chi connectivity index (χ4n) is 3.89. The van der Waals surface area contributed by atoms with Gasteiger partial charge in [-0.2, -0.15) is 0 Å². The molecule has 0 saturated heterocycles. The van der Waals surface area contributed by atoms with Crippen LogP contribution in [-0.4, -0.2) is 44.8 Å². The van der Waals surface area contributed by atoms with E-state index < -0.39 is 6.04 Å². The van der Waals surface area contributed by atoms with Gasteiger partial charge in [0.25, 0.3) is 5.91 Å². The number of carbonyl (C=O) groups is 2. The van der Waals surface area contributed by atoms with E-state index in [1.54, 1.807) is 23.1 Å². The van der Waals surface area contributed by atoms with Gasteiger partial charge < -0.3 is 9.88 Å². The minimum atomic E-state index is -0.516. The van der Waals surface area contributed by atoms with Crippen LogP contribution in [0.25, 0.3) is 11.0 Å². The Hall–Kier alpha value is -3.12. The Kier molecular flexibility index (Phi) is 6.09. The van der Waals surface area contributed by atoms with Crippen LogP contribution < -0.4 is 0 Å². The van der Waals surface area contributed by atoms with Gasteiger partial charge >= 0.3 is 6.03 Å². The number of halogens is 1. The summed E-state index contributed by atoms with van der Waals surface area (Å²) in [6.07, 6.45) is 5.25. The molecule has 31 heavy (non-hydrogen) atoms. The van der Waals surface area contributed by atoms with Crippen LogP contribution in [0.1, 0.15) is 47.6 Å². The highest BCUT2D eigenvalue weighted by Crippen LogP contribution is 2.30. The molecule has 2 aromatic carbocycles. The van der Waals surface area contributed by atoms with Gasteiger partial charge in [-0.25, -0.2) is 14.7 Å². The minimum absolute atomic E-state index is 0.312. The van der Waals surface area contributed by atoms with Crippen LogP contribution in [0.5, 0.6) is 0 Å². The van der Waals surface area contributed by atoms with Gasteiger partial charge in [0.1, 0.15) is 5.82 Å². The fraction of sp³-hybridized carbons (Fsp3) is 0.292. The minimum Gasteiger partial charge on any atom is -0.340 e. The van der Waals surface area contributed by atoms with E-state index in [4.69, 9.17) is 16.6 Å². The summed E-state index contributed by atoms with van der Waals surface area (Å²) in [5, 5.41) is 0.599. The highest BCUT2D eigenvalue weighted by atomic mass is 35.5. The Morgan fingerprint density at radius 1 is 1.19 bits per heavy atom. The number of rotatable bonds is 5. The van der Waals surface area contributed by atoms with E-state index in [-0.39, 0.29) is 11.9 Å². The van der Waals surface area contributed by atoms with Crippen molar-refractivity contribution in [2.24, 2.45) is 0 Å². The predicted molar refractivity (Wildman–Crippen MR) is 122 cm³/mol. The first-order chi connectivity index (χ1) is 15.0. The second-order valence-electron chi connectivity index (χ2n) is 7.79. The number of nitrogens with one attached hydrogen (secondary N) is 1. The van der Waals surface area contributed by atoms with Gasteiger partial charge in [-0.15, -0.1) is 0 Å². The molecule has 1 aromatic heterocycles. The molecule has 0 radical (unpaired) electrons. The summed E-state index contributed by atoms with van der Waals surface area (Å²) in [6, 6.07) is 11.9. The van der Waals surface area contributed by atoms with Gasteiger partial charge in [0.2, 0.25) is 0 Å². The number of hydrogen-bond acceptors (Lipinski definition) is 3. The van der Waals surface area contributed by atoms with E-state index in [1.165, 1.54) is 4.90 Å². The van der Waals surface area contributed by atoms with Crippen molar-refractivity contribution >= 4 is 34.6 Å². The van der Waals surface area contributed by atoms with E-state index in [9.17, 15) is 9.59 Å². The number of nitrogens with zero attached hydrogens (tertiary/aromatic N) is 3. The van der Waals surface area contributed by atoms with E-state index in [2.05, 4.69) is 4.98 Å². The van der Waals surface area contributed by atoms with E-state index in [0.717, 1.165) is 23.0 Å². The summed E-state index contributed by atoms with van der Waals surface area (Å²) in [5.41, 5.74) is 2.98. The first-order valence-corrected chi connectivity index (χ1v) is 10.8. The highest BCUT2D eigenvalue weighted by Gasteiger charge is 2.36. The second-order valence-corrected chi connectivity index (χ2v) is 8.23. The van der Waals surface area contributed by atoms with Crippen LogP contribution in [0.3, 0.4) is 0 Å². The molecule has 0 spiro atoms. The molecule has 0 aliphatic carbocycles. The van der Waals surface area contributed by atoms with Crippen molar-refractivity contribution in [1.29, 1.82) is 0 Å². The summed E-state index contributed by atoms with van der Waals surface area (Å²) in [5.74, 6) is 0.262. The van der Waals surface area contributed by atoms with E-state index in [0.29, 0.717) is 35.9 Å². The van der Waals surface area contributed by atoms with E-state index in [1.807, 2.05) is 50.3 Å². The standard InChI is InChI=1S/C24H25ClN4O2/c1-3-7-21(22-26-19-11-10-18(25)15-20(19)27-22)29(24(31)28-12-4-5-13-28)23(30)17-9-6-8-16(2)14-17/h4-6,8-11,14-15,21H,3,7,12-13H2,1-2H3,(H,26,27)/t21-/m0/s1.